The van der Waals surface area contributed by atoms with Crippen molar-refractivity contribution < 1.29 is 164 Å². The first kappa shape index (κ1) is 61.6. The second-order valence-electron chi connectivity index (χ2n) is 18.1. The summed E-state index contributed by atoms with van der Waals surface area (Å²) in [6.45, 7) is 0. The number of halogens is 24. The van der Waals surface area contributed by atoms with E-state index < -0.39 is 212 Å². The van der Waals surface area contributed by atoms with Crippen molar-refractivity contribution in [2.75, 3.05) is 14.2 Å². The van der Waals surface area contributed by atoms with Crippen LogP contribution in [0.5, 0.6) is 0 Å². The van der Waals surface area contributed by atoms with Crippen LogP contribution in [0.1, 0.15) is 44.9 Å². The Balaban J connectivity index is 1.83. The number of hydrogen-bond acceptors (Lipinski definition) is 12. The predicted molar refractivity (Wildman–Crippen MR) is 179 cm³/mol. The molecule has 73 heavy (non-hydrogen) atoms. The molecule has 4 fully saturated rings. The van der Waals surface area contributed by atoms with Gasteiger partial charge in [-0.05, 0) is 56.8 Å². The third kappa shape index (κ3) is 10.0. The number of carbonyl (C=O) groups is 4. The summed E-state index contributed by atoms with van der Waals surface area (Å²) in [5.41, 5.74) is -24.9. The lowest BCUT2D eigenvalue weighted by Crippen LogP contribution is -2.67. The highest BCUT2D eigenvalue weighted by atomic mass is 19.4. The zero-order valence-corrected chi connectivity index (χ0v) is 36.0. The Morgan fingerprint density at radius 1 is 0.315 bits per heavy atom. The molecular weight excluding hydrogens is 1090 g/mol. The second-order valence-corrected chi connectivity index (χ2v) is 18.1. The number of hydrogen-bond donors (Lipinski definition) is 4. The lowest BCUT2D eigenvalue weighted by Gasteiger charge is -2.48. The first-order valence-electron chi connectivity index (χ1n) is 20.4. The van der Waals surface area contributed by atoms with Crippen molar-refractivity contribution >= 4 is 23.9 Å². The van der Waals surface area contributed by atoms with Gasteiger partial charge in [-0.25, -0.2) is 0 Å². The average molecular weight is 1130 g/mol. The number of ether oxygens (including phenoxy) is 4. The molecule has 424 valence electrons. The molecule has 0 aromatic carbocycles. The maximum atomic E-state index is 14.0. The first-order chi connectivity index (χ1) is 32.4. The molecule has 12 nitrogen and oxygen atoms in total. The van der Waals surface area contributed by atoms with Gasteiger partial charge in [-0.3, -0.25) is 19.2 Å². The molecule has 4 rings (SSSR count). The van der Waals surface area contributed by atoms with Gasteiger partial charge >= 0.3 is 73.3 Å². The molecule has 0 aromatic heterocycles. The lowest BCUT2D eigenvalue weighted by molar-refractivity contribution is -0.406. The molecule has 0 heterocycles. The maximum Gasteiger partial charge on any atom is 0.426 e. The van der Waals surface area contributed by atoms with Crippen molar-refractivity contribution in [1.82, 2.24) is 0 Å². The summed E-state index contributed by atoms with van der Waals surface area (Å²) in [5, 5.41) is 40.2. The van der Waals surface area contributed by atoms with Crippen LogP contribution in [-0.4, -0.2) is 143 Å². The highest BCUT2D eigenvalue weighted by Gasteiger charge is 2.81. The van der Waals surface area contributed by atoms with E-state index in [2.05, 4.69) is 9.47 Å². The van der Waals surface area contributed by atoms with E-state index in [4.69, 9.17) is 9.47 Å². The van der Waals surface area contributed by atoms with Gasteiger partial charge < -0.3 is 39.4 Å². The molecule has 4 aliphatic rings. The van der Waals surface area contributed by atoms with Gasteiger partial charge in [0.25, 0.3) is 22.4 Å². The molecule has 4 N–H and O–H groups in total. The normalized spacial score (nSPS) is 30.7. The minimum absolute atomic E-state index is 0.454. The van der Waals surface area contributed by atoms with Crippen molar-refractivity contribution in [3.05, 3.63) is 0 Å². The molecule has 0 spiro atoms. The Labute approximate surface area is 390 Å². The molecule has 2 bridgehead atoms. The quantitative estimate of drug-likeness (QED) is 0.0960. The number of alkyl halides is 24. The monoisotopic (exact) mass is 1130 g/mol. The van der Waals surface area contributed by atoms with E-state index in [1.54, 1.807) is 0 Å². The molecule has 0 aromatic rings. The standard InChI is InChI=1S/C37H36F24O12/c1-70-22(62)18-16-9-17(20(18)24(64)72-14-5-10(26(66,30(38,39)40)31(41,42)43)3-11(6-14)27(67,32(44,45)46)33(47,48)49)19(23(63)71-2)21(16)25(65)73-15-7-12(28(68,34(50,51)52)35(53,54)55)4-13(8-15)29(69,36(56,57)58)37(59,60)61/h10-21,66-69H,3-9H2,1-2H3. The van der Waals surface area contributed by atoms with Gasteiger partial charge in [0, 0.05) is 23.7 Å². The molecule has 10 atom stereocenters. The molecule has 4 saturated carbocycles. The van der Waals surface area contributed by atoms with E-state index in [0.29, 0.717) is 14.2 Å². The third-order valence-corrected chi connectivity index (χ3v) is 14.4. The van der Waals surface area contributed by atoms with Crippen molar-refractivity contribution in [2.24, 2.45) is 59.2 Å². The molecule has 0 aliphatic heterocycles. The Hall–Kier alpha value is -3.96. The second kappa shape index (κ2) is 18.9. The van der Waals surface area contributed by atoms with Crippen LogP contribution in [0.4, 0.5) is 105 Å². The van der Waals surface area contributed by atoms with Crippen LogP contribution in [0.3, 0.4) is 0 Å². The summed E-state index contributed by atoms with van der Waals surface area (Å²) in [6.07, 6.45) is -77.1. The predicted octanol–water partition coefficient (Wildman–Crippen LogP) is 7.53. The molecule has 4 aliphatic carbocycles. The molecule has 10 unspecified atom stereocenters. The lowest BCUT2D eigenvalue weighted by atomic mass is 9.65. The Bertz CT molecular complexity index is 1760. The maximum absolute atomic E-state index is 14.0. The van der Waals surface area contributed by atoms with Gasteiger partial charge in [0.15, 0.2) is 0 Å². The van der Waals surface area contributed by atoms with Gasteiger partial charge in [0.05, 0.1) is 37.9 Å². The van der Waals surface area contributed by atoms with E-state index in [-0.39, 0.29) is 0 Å². The van der Waals surface area contributed by atoms with Crippen LogP contribution in [0.2, 0.25) is 0 Å². The zero-order valence-electron chi connectivity index (χ0n) is 36.0. The summed E-state index contributed by atoms with van der Waals surface area (Å²) in [4.78, 5) is 54.4. The number of carbonyl (C=O) groups excluding carboxylic acids is 4. The Morgan fingerprint density at radius 3 is 0.658 bits per heavy atom. The van der Waals surface area contributed by atoms with Gasteiger partial charge in [-0.15, -0.1) is 0 Å². The number of methoxy groups -OCH3 is 2. The number of esters is 4. The SMILES string of the molecule is COC(=O)C1C2CC(C(C(=O)OC)C2C(=O)OC2CC(C(O)(C(F)(F)F)C(F)(F)F)CC(C(O)(C(F)(F)F)C(F)(F)F)C2)C1C(=O)OC1CC(C(O)(C(F)(F)F)C(F)(F)F)CC(C(O)(C(F)(F)F)C(F)(F)F)C1. The Kier molecular flexibility index (Phi) is 16.0. The highest BCUT2D eigenvalue weighted by molar-refractivity contribution is 5.90. The summed E-state index contributed by atoms with van der Waals surface area (Å²) in [5.74, 6) is -38.1. The van der Waals surface area contributed by atoms with E-state index in [1.807, 2.05) is 0 Å². The summed E-state index contributed by atoms with van der Waals surface area (Å²) in [6, 6.07) is 0. The molecular formula is C37H36F24O12. The van der Waals surface area contributed by atoms with Crippen molar-refractivity contribution in [1.29, 1.82) is 0 Å². The molecule has 0 amide bonds. The average Bonchev–Trinajstić information content (AvgIpc) is 3.78. The Morgan fingerprint density at radius 2 is 0.493 bits per heavy atom. The smallest absolute Gasteiger partial charge is 0.426 e. The van der Waals surface area contributed by atoms with Gasteiger partial charge in [0.2, 0.25) is 0 Å². The summed E-state index contributed by atoms with van der Waals surface area (Å²) >= 11 is 0. The zero-order chi connectivity index (χ0) is 57.0. The fraction of sp³-hybridized carbons (Fsp3) is 0.892. The van der Waals surface area contributed by atoms with Crippen molar-refractivity contribution in [2.45, 2.75) is 129 Å². The van der Waals surface area contributed by atoms with Crippen LogP contribution in [-0.2, 0) is 38.1 Å². The summed E-state index contributed by atoms with van der Waals surface area (Å²) in [7, 11) is 0.908. The van der Waals surface area contributed by atoms with Crippen LogP contribution >= 0.6 is 0 Å². The molecule has 0 saturated heterocycles. The van der Waals surface area contributed by atoms with Crippen molar-refractivity contribution in [3.8, 4) is 0 Å². The van der Waals surface area contributed by atoms with E-state index in [1.165, 1.54) is 0 Å². The van der Waals surface area contributed by atoms with Crippen LogP contribution in [0.25, 0.3) is 0 Å². The topological polar surface area (TPSA) is 186 Å². The molecule has 0 radical (unpaired) electrons. The summed E-state index contributed by atoms with van der Waals surface area (Å²) < 4.78 is 355. The fourth-order valence-corrected chi connectivity index (χ4v) is 11.0. The van der Waals surface area contributed by atoms with Gasteiger partial charge in [0.1, 0.15) is 12.2 Å². The molecule has 36 heteroatoms. The van der Waals surface area contributed by atoms with E-state index >= 15 is 0 Å². The first-order valence-corrected chi connectivity index (χ1v) is 20.4. The minimum atomic E-state index is -7.01. The number of aliphatic hydroxyl groups is 4. The highest BCUT2D eigenvalue weighted by Crippen LogP contribution is 2.63. The third-order valence-electron chi connectivity index (χ3n) is 14.4. The van der Waals surface area contributed by atoms with Crippen LogP contribution in [0.15, 0.2) is 0 Å². The van der Waals surface area contributed by atoms with Crippen molar-refractivity contribution in [3.63, 3.8) is 0 Å². The van der Waals surface area contributed by atoms with Crippen LogP contribution < -0.4 is 0 Å². The van der Waals surface area contributed by atoms with Gasteiger partial charge in [-0.1, -0.05) is 0 Å². The minimum Gasteiger partial charge on any atom is -0.469 e. The van der Waals surface area contributed by atoms with E-state index in [9.17, 15) is 145 Å². The number of rotatable bonds is 10. The van der Waals surface area contributed by atoms with Gasteiger partial charge in [-0.2, -0.15) is 105 Å². The largest absolute Gasteiger partial charge is 0.469 e. The number of fused-ring (bicyclic) bond motifs is 2. The van der Waals surface area contributed by atoms with Crippen LogP contribution in [0, 0.1) is 59.2 Å². The van der Waals surface area contributed by atoms with E-state index in [0.717, 1.165) is 0 Å². The fourth-order valence-electron chi connectivity index (χ4n) is 11.0.